The van der Waals surface area contributed by atoms with Crippen LogP contribution in [0.2, 0.25) is 5.02 Å². The fourth-order valence-electron chi connectivity index (χ4n) is 4.36. The summed E-state index contributed by atoms with van der Waals surface area (Å²) in [5.74, 6) is -0.0935. The zero-order valence-electron chi connectivity index (χ0n) is 20.5. The Morgan fingerprint density at radius 3 is 2.72 bits per heavy atom. The first-order chi connectivity index (χ1) is 17.4. The molecule has 0 unspecified atom stereocenters. The van der Waals surface area contributed by atoms with E-state index in [1.807, 2.05) is 30.2 Å². The van der Waals surface area contributed by atoms with Crippen LogP contribution in [0.25, 0.3) is 0 Å². The number of carbonyl (C=O) groups is 2. The molecule has 2 heterocycles. The Labute approximate surface area is 220 Å². The summed E-state index contributed by atoms with van der Waals surface area (Å²) in [7, 11) is 0. The van der Waals surface area contributed by atoms with Crippen molar-refractivity contribution in [2.24, 2.45) is 5.92 Å². The molecule has 5 nitrogen and oxygen atoms in total. The van der Waals surface area contributed by atoms with Gasteiger partial charge in [0.25, 0.3) is 5.91 Å². The molecule has 8 heteroatoms. The maximum Gasteiger partial charge on any atom is 0.254 e. The summed E-state index contributed by atoms with van der Waals surface area (Å²) in [5.41, 5.74) is 1.32. The van der Waals surface area contributed by atoms with Crippen LogP contribution in [0.15, 0.2) is 60.0 Å². The maximum atomic E-state index is 13.8. The zero-order valence-corrected chi connectivity index (χ0v) is 22.0. The molecule has 4 rings (SSSR count). The van der Waals surface area contributed by atoms with Gasteiger partial charge in [-0.25, -0.2) is 4.39 Å². The van der Waals surface area contributed by atoms with Gasteiger partial charge < -0.3 is 14.5 Å². The number of halogens is 2. The molecule has 2 amide bonds. The van der Waals surface area contributed by atoms with Crippen LogP contribution in [0.4, 0.5) is 4.39 Å². The van der Waals surface area contributed by atoms with E-state index in [1.165, 1.54) is 23.1 Å². The number of amides is 2. The Bertz CT molecular complexity index is 1200. The van der Waals surface area contributed by atoms with Crippen LogP contribution in [-0.2, 0) is 11.2 Å². The second kappa shape index (κ2) is 11.9. The van der Waals surface area contributed by atoms with Gasteiger partial charge in [-0.15, -0.1) is 11.3 Å². The highest BCUT2D eigenvalue weighted by Crippen LogP contribution is 2.34. The number of hydrogen-bond acceptors (Lipinski definition) is 4. The van der Waals surface area contributed by atoms with E-state index in [-0.39, 0.29) is 35.9 Å². The lowest BCUT2D eigenvalue weighted by Gasteiger charge is -2.37. The van der Waals surface area contributed by atoms with Crippen molar-refractivity contribution in [3.8, 4) is 5.75 Å². The third-order valence-electron chi connectivity index (χ3n) is 6.55. The van der Waals surface area contributed by atoms with E-state index in [9.17, 15) is 14.0 Å². The van der Waals surface area contributed by atoms with Gasteiger partial charge in [0.1, 0.15) is 24.7 Å². The molecular weight excluding hydrogens is 499 g/mol. The average molecular weight is 529 g/mol. The molecular formula is C28H30ClFN2O3S. The molecule has 2 atom stereocenters. The SMILES string of the molecule is CC[C@H](C)CN(CC(=O)N1CCc2sccc2[C@@H]1COc1ccc(Cl)cc1)C(=O)c1cccc(F)c1. The molecule has 3 aromatic rings. The van der Waals surface area contributed by atoms with Crippen LogP contribution in [0.5, 0.6) is 5.75 Å². The predicted molar refractivity (Wildman–Crippen MR) is 141 cm³/mol. The Kier molecular flexibility index (Phi) is 8.64. The molecule has 1 aliphatic rings. The van der Waals surface area contributed by atoms with E-state index in [0.717, 1.165) is 18.4 Å². The fraction of sp³-hybridized carbons (Fsp3) is 0.357. The number of carbonyl (C=O) groups excluding carboxylic acids is 2. The average Bonchev–Trinajstić information content (AvgIpc) is 3.36. The van der Waals surface area contributed by atoms with E-state index in [1.54, 1.807) is 46.6 Å². The van der Waals surface area contributed by atoms with Gasteiger partial charge in [0.2, 0.25) is 5.91 Å². The number of fused-ring (bicyclic) bond motifs is 1. The Morgan fingerprint density at radius 2 is 2.00 bits per heavy atom. The normalized spacial score (nSPS) is 15.8. The second-order valence-electron chi connectivity index (χ2n) is 9.13. The third-order valence-corrected chi connectivity index (χ3v) is 7.80. The summed E-state index contributed by atoms with van der Waals surface area (Å²) >= 11 is 7.68. The molecule has 0 fully saturated rings. The van der Waals surface area contributed by atoms with Gasteiger partial charge in [0.05, 0.1) is 6.04 Å². The first-order valence-electron chi connectivity index (χ1n) is 12.1. The second-order valence-corrected chi connectivity index (χ2v) is 10.6. The minimum atomic E-state index is -0.476. The summed E-state index contributed by atoms with van der Waals surface area (Å²) in [6, 6.07) is 14.5. The smallest absolute Gasteiger partial charge is 0.254 e. The van der Waals surface area contributed by atoms with Crippen molar-refractivity contribution >= 4 is 34.8 Å². The molecule has 1 aliphatic heterocycles. The van der Waals surface area contributed by atoms with Crippen LogP contribution in [0, 0.1) is 11.7 Å². The summed E-state index contributed by atoms with van der Waals surface area (Å²) in [6.07, 6.45) is 1.63. The van der Waals surface area contributed by atoms with Gasteiger partial charge in [0, 0.05) is 28.6 Å². The van der Waals surface area contributed by atoms with Crippen molar-refractivity contribution < 1.29 is 18.7 Å². The van der Waals surface area contributed by atoms with E-state index < -0.39 is 5.82 Å². The van der Waals surface area contributed by atoms with E-state index in [4.69, 9.17) is 16.3 Å². The Morgan fingerprint density at radius 1 is 1.22 bits per heavy atom. The zero-order chi connectivity index (χ0) is 25.7. The largest absolute Gasteiger partial charge is 0.491 e. The quantitative estimate of drug-likeness (QED) is 0.330. The lowest BCUT2D eigenvalue weighted by atomic mass is 10.00. The minimum Gasteiger partial charge on any atom is -0.491 e. The number of thiophene rings is 1. The Hall–Kier alpha value is -2.90. The number of hydrogen-bond donors (Lipinski definition) is 0. The topological polar surface area (TPSA) is 49.9 Å². The van der Waals surface area contributed by atoms with Gasteiger partial charge in [-0.05, 0) is 71.8 Å². The molecule has 0 spiro atoms. The van der Waals surface area contributed by atoms with Crippen molar-refractivity contribution in [1.82, 2.24) is 9.80 Å². The fourth-order valence-corrected chi connectivity index (χ4v) is 5.42. The lowest BCUT2D eigenvalue weighted by Crippen LogP contribution is -2.48. The minimum absolute atomic E-state index is 0.0728. The summed E-state index contributed by atoms with van der Waals surface area (Å²) in [5, 5.41) is 2.66. The molecule has 0 radical (unpaired) electrons. The van der Waals surface area contributed by atoms with Gasteiger partial charge in [-0.3, -0.25) is 9.59 Å². The van der Waals surface area contributed by atoms with Crippen molar-refractivity contribution in [2.45, 2.75) is 32.7 Å². The van der Waals surface area contributed by atoms with E-state index in [0.29, 0.717) is 30.5 Å². The molecule has 0 aliphatic carbocycles. The van der Waals surface area contributed by atoms with Crippen molar-refractivity contribution in [3.05, 3.63) is 86.8 Å². The van der Waals surface area contributed by atoms with E-state index in [2.05, 4.69) is 0 Å². The van der Waals surface area contributed by atoms with Crippen LogP contribution in [0.3, 0.4) is 0 Å². The van der Waals surface area contributed by atoms with Gasteiger partial charge in [-0.1, -0.05) is 37.9 Å². The number of rotatable bonds is 9. The van der Waals surface area contributed by atoms with Gasteiger partial charge in [-0.2, -0.15) is 0 Å². The Balaban J connectivity index is 1.54. The first kappa shape index (κ1) is 26.2. The van der Waals surface area contributed by atoms with Crippen LogP contribution >= 0.6 is 22.9 Å². The number of ether oxygens (including phenoxy) is 1. The highest BCUT2D eigenvalue weighted by Gasteiger charge is 2.34. The molecule has 0 N–H and O–H groups in total. The highest BCUT2D eigenvalue weighted by molar-refractivity contribution is 7.10. The van der Waals surface area contributed by atoms with Crippen molar-refractivity contribution in [1.29, 1.82) is 0 Å². The molecule has 36 heavy (non-hydrogen) atoms. The van der Waals surface area contributed by atoms with Crippen molar-refractivity contribution in [2.75, 3.05) is 26.2 Å². The molecule has 0 saturated heterocycles. The van der Waals surface area contributed by atoms with Crippen LogP contribution < -0.4 is 4.74 Å². The lowest BCUT2D eigenvalue weighted by molar-refractivity contribution is -0.135. The molecule has 0 saturated carbocycles. The maximum absolute atomic E-state index is 13.8. The molecule has 2 aromatic carbocycles. The number of benzene rings is 2. The van der Waals surface area contributed by atoms with Crippen LogP contribution in [0.1, 0.15) is 47.1 Å². The van der Waals surface area contributed by atoms with Crippen molar-refractivity contribution in [3.63, 3.8) is 0 Å². The standard InChI is InChI=1S/C28H30ClFN2O3S/c1-3-19(2)16-31(28(34)20-5-4-6-22(30)15-20)17-27(33)32-13-11-26-24(12-14-36-26)25(32)18-35-23-9-7-21(29)8-10-23/h4-10,12,14-15,19,25H,3,11,13,16-18H2,1-2H3/t19-,25-/m0/s1. The first-order valence-corrected chi connectivity index (χ1v) is 13.4. The monoisotopic (exact) mass is 528 g/mol. The van der Waals surface area contributed by atoms with Gasteiger partial charge in [0.15, 0.2) is 0 Å². The number of nitrogens with zero attached hydrogens (tertiary/aromatic N) is 2. The molecule has 0 bridgehead atoms. The summed E-state index contributed by atoms with van der Waals surface area (Å²) < 4.78 is 19.9. The van der Waals surface area contributed by atoms with Gasteiger partial charge >= 0.3 is 0 Å². The summed E-state index contributed by atoms with van der Waals surface area (Å²) in [4.78, 5) is 31.6. The third kappa shape index (κ3) is 6.26. The van der Waals surface area contributed by atoms with E-state index >= 15 is 0 Å². The van der Waals surface area contributed by atoms with Crippen LogP contribution in [-0.4, -0.2) is 47.9 Å². The molecule has 1 aromatic heterocycles. The predicted octanol–water partition coefficient (Wildman–Crippen LogP) is 6.23. The summed E-state index contributed by atoms with van der Waals surface area (Å²) in [6.45, 7) is 5.27. The highest BCUT2D eigenvalue weighted by atomic mass is 35.5. The molecule has 190 valence electrons.